The van der Waals surface area contributed by atoms with Crippen molar-refractivity contribution < 1.29 is 4.74 Å². The minimum Gasteiger partial charge on any atom is -0.364 e. The number of hydrogen-bond acceptors (Lipinski definition) is 4. The molecule has 1 aromatic carbocycles. The molecule has 0 radical (unpaired) electrons. The van der Waals surface area contributed by atoms with E-state index in [0.29, 0.717) is 6.61 Å². The Balaban J connectivity index is 1.35. The molecule has 0 N–H and O–H groups in total. The molecule has 26 heavy (non-hydrogen) atoms. The van der Waals surface area contributed by atoms with Crippen molar-refractivity contribution in [2.75, 3.05) is 13.1 Å². The van der Waals surface area contributed by atoms with E-state index in [2.05, 4.69) is 63.2 Å². The fourth-order valence-electron chi connectivity index (χ4n) is 4.26. The number of likely N-dealkylation sites (tertiary alicyclic amines) is 1. The molecule has 3 aromatic rings. The van der Waals surface area contributed by atoms with Gasteiger partial charge in [0.15, 0.2) is 0 Å². The van der Waals surface area contributed by atoms with Crippen LogP contribution in [0, 0.1) is 6.92 Å². The number of hydrogen-bond donors (Lipinski definition) is 0. The predicted molar refractivity (Wildman–Crippen MR) is 104 cm³/mol. The van der Waals surface area contributed by atoms with Crippen LogP contribution in [0.4, 0.5) is 0 Å². The molecule has 1 saturated heterocycles. The first-order chi connectivity index (χ1) is 12.7. The zero-order chi connectivity index (χ0) is 17.6. The lowest BCUT2D eigenvalue weighted by atomic mass is 10.0. The summed E-state index contributed by atoms with van der Waals surface area (Å²) in [5, 5.41) is 2.13. The van der Waals surface area contributed by atoms with E-state index >= 15 is 0 Å². The Morgan fingerprint density at radius 1 is 1.23 bits per heavy atom. The van der Waals surface area contributed by atoms with Crippen LogP contribution >= 0.6 is 11.3 Å². The van der Waals surface area contributed by atoms with E-state index in [1.807, 2.05) is 6.20 Å². The second-order valence-electron chi connectivity index (χ2n) is 7.54. The summed E-state index contributed by atoms with van der Waals surface area (Å²) in [5.74, 6) is 1.05. The molecule has 2 aliphatic rings. The molecule has 0 bridgehead atoms. The Labute approximate surface area is 158 Å². The molecular weight excluding hydrogens is 342 g/mol. The fourth-order valence-corrected chi connectivity index (χ4v) is 5.00. The molecule has 0 aliphatic carbocycles. The van der Waals surface area contributed by atoms with E-state index in [-0.39, 0.29) is 5.60 Å². The molecule has 4 nitrogen and oxygen atoms in total. The van der Waals surface area contributed by atoms with Gasteiger partial charge < -0.3 is 9.30 Å². The third-order valence-electron chi connectivity index (χ3n) is 5.55. The number of aromatic nitrogens is 2. The van der Waals surface area contributed by atoms with Crippen LogP contribution in [-0.4, -0.2) is 33.1 Å². The maximum Gasteiger partial charge on any atom is 0.135 e. The fraction of sp³-hybridized carbons (Fsp3) is 0.381. The topological polar surface area (TPSA) is 30.3 Å². The van der Waals surface area contributed by atoms with Crippen molar-refractivity contribution in [2.45, 2.75) is 38.6 Å². The number of fused-ring (bicyclic) bond motifs is 1. The van der Waals surface area contributed by atoms with E-state index < -0.39 is 0 Å². The smallest absolute Gasteiger partial charge is 0.135 e. The number of rotatable bonds is 3. The molecule has 2 aliphatic heterocycles. The average molecular weight is 366 g/mol. The summed E-state index contributed by atoms with van der Waals surface area (Å²) in [6.45, 7) is 6.76. The van der Waals surface area contributed by atoms with Gasteiger partial charge in [-0.3, -0.25) is 4.90 Å². The van der Waals surface area contributed by atoms with Gasteiger partial charge in [-0.25, -0.2) is 4.98 Å². The van der Waals surface area contributed by atoms with Crippen molar-refractivity contribution in [3.8, 4) is 10.6 Å². The average Bonchev–Trinajstić information content (AvgIpc) is 3.35. The number of aryl methyl sites for hydroxylation is 1. The summed E-state index contributed by atoms with van der Waals surface area (Å²) in [7, 11) is 0. The zero-order valence-electron chi connectivity index (χ0n) is 15.0. The first-order valence-corrected chi connectivity index (χ1v) is 10.1. The van der Waals surface area contributed by atoms with Crippen molar-refractivity contribution in [3.63, 3.8) is 0 Å². The summed E-state index contributed by atoms with van der Waals surface area (Å²) in [4.78, 5) is 8.41. The van der Waals surface area contributed by atoms with Crippen LogP contribution in [-0.2, 0) is 24.4 Å². The third-order valence-corrected chi connectivity index (χ3v) is 6.44. The Hall–Kier alpha value is -1.95. The maximum absolute atomic E-state index is 6.35. The Kier molecular flexibility index (Phi) is 3.96. The molecule has 1 fully saturated rings. The van der Waals surface area contributed by atoms with Crippen LogP contribution in [0.15, 0.2) is 48.0 Å². The minimum atomic E-state index is -0.0798. The van der Waals surface area contributed by atoms with Crippen LogP contribution < -0.4 is 0 Å². The summed E-state index contributed by atoms with van der Waals surface area (Å²) in [6.07, 6.45) is 3.09. The lowest BCUT2D eigenvalue weighted by molar-refractivity contribution is -0.0821. The van der Waals surface area contributed by atoms with Crippen molar-refractivity contribution in [2.24, 2.45) is 0 Å². The first kappa shape index (κ1) is 16.2. The zero-order valence-corrected chi connectivity index (χ0v) is 15.8. The van der Waals surface area contributed by atoms with E-state index in [1.165, 1.54) is 21.7 Å². The van der Waals surface area contributed by atoms with Gasteiger partial charge in [-0.1, -0.05) is 35.9 Å². The largest absolute Gasteiger partial charge is 0.364 e. The van der Waals surface area contributed by atoms with Gasteiger partial charge in [-0.15, -0.1) is 11.3 Å². The van der Waals surface area contributed by atoms with Crippen molar-refractivity contribution in [1.82, 2.24) is 14.5 Å². The Bertz CT molecular complexity index is 917. The number of benzene rings is 1. The van der Waals surface area contributed by atoms with E-state index in [9.17, 15) is 0 Å². The normalized spacial score (nSPS) is 22.8. The maximum atomic E-state index is 6.35. The van der Waals surface area contributed by atoms with Crippen molar-refractivity contribution >= 4 is 11.3 Å². The Morgan fingerprint density at radius 3 is 3.04 bits per heavy atom. The van der Waals surface area contributed by atoms with Gasteiger partial charge in [0.1, 0.15) is 18.0 Å². The minimum absolute atomic E-state index is 0.0798. The molecule has 5 rings (SSSR count). The lowest BCUT2D eigenvalue weighted by Crippen LogP contribution is -2.44. The van der Waals surface area contributed by atoms with Gasteiger partial charge in [-0.2, -0.15) is 0 Å². The molecule has 134 valence electrons. The molecule has 1 atom stereocenters. The van der Waals surface area contributed by atoms with Gasteiger partial charge >= 0.3 is 0 Å². The number of thiophene rings is 1. The van der Waals surface area contributed by atoms with E-state index in [0.717, 1.165) is 38.4 Å². The number of imidazole rings is 1. The highest BCUT2D eigenvalue weighted by atomic mass is 32.1. The van der Waals surface area contributed by atoms with Gasteiger partial charge in [-0.05, 0) is 30.4 Å². The van der Waals surface area contributed by atoms with Crippen LogP contribution in [0.25, 0.3) is 10.6 Å². The van der Waals surface area contributed by atoms with Crippen LogP contribution in [0.3, 0.4) is 0 Å². The quantitative estimate of drug-likeness (QED) is 0.700. The molecule has 2 aromatic heterocycles. The van der Waals surface area contributed by atoms with E-state index in [1.54, 1.807) is 11.3 Å². The van der Waals surface area contributed by atoms with E-state index in [4.69, 9.17) is 4.74 Å². The van der Waals surface area contributed by atoms with Crippen molar-refractivity contribution in [3.05, 3.63) is 64.9 Å². The van der Waals surface area contributed by atoms with Gasteiger partial charge in [0.25, 0.3) is 0 Å². The highest BCUT2D eigenvalue weighted by Crippen LogP contribution is 2.36. The van der Waals surface area contributed by atoms with Crippen molar-refractivity contribution in [1.29, 1.82) is 0 Å². The SMILES string of the molecule is Cc1cccc(CN2CCC3(C2)Cn2c(-c4cccs4)cnc2CO3)c1. The molecule has 0 amide bonds. The standard InChI is InChI=1S/C21H23N3OS/c1-16-4-2-5-17(10-16)12-23-8-7-21(14-23)15-24-18(19-6-3-9-26-19)11-22-20(24)13-25-21/h2-6,9-11H,7-8,12-15H2,1H3. The molecule has 0 saturated carbocycles. The number of nitrogens with zero attached hydrogens (tertiary/aromatic N) is 3. The van der Waals surface area contributed by atoms with Gasteiger partial charge in [0.05, 0.1) is 23.3 Å². The van der Waals surface area contributed by atoms with Crippen LogP contribution in [0.2, 0.25) is 0 Å². The molecule has 1 unspecified atom stereocenters. The van der Waals surface area contributed by atoms with Crippen LogP contribution in [0.5, 0.6) is 0 Å². The number of ether oxygens (including phenoxy) is 1. The van der Waals surface area contributed by atoms with Crippen LogP contribution in [0.1, 0.15) is 23.4 Å². The van der Waals surface area contributed by atoms with Gasteiger partial charge in [0.2, 0.25) is 0 Å². The summed E-state index contributed by atoms with van der Waals surface area (Å²) < 4.78 is 8.73. The summed E-state index contributed by atoms with van der Waals surface area (Å²) in [5.41, 5.74) is 3.87. The predicted octanol–water partition coefficient (Wildman–Crippen LogP) is 4.09. The highest BCUT2D eigenvalue weighted by molar-refractivity contribution is 7.13. The lowest BCUT2D eigenvalue weighted by Gasteiger charge is -2.35. The second kappa shape index (κ2) is 6.34. The highest BCUT2D eigenvalue weighted by Gasteiger charge is 2.43. The second-order valence-corrected chi connectivity index (χ2v) is 8.49. The molecule has 1 spiro atoms. The third kappa shape index (κ3) is 2.90. The summed E-state index contributed by atoms with van der Waals surface area (Å²) >= 11 is 1.78. The molecule has 5 heteroatoms. The molecule has 4 heterocycles. The molecular formula is C21H23N3OS. The monoisotopic (exact) mass is 365 g/mol. The van der Waals surface area contributed by atoms with Gasteiger partial charge in [0, 0.05) is 19.6 Å². The Morgan fingerprint density at radius 2 is 2.19 bits per heavy atom. The summed E-state index contributed by atoms with van der Waals surface area (Å²) in [6, 6.07) is 13.1. The first-order valence-electron chi connectivity index (χ1n) is 9.21.